The molecule has 0 bridgehead atoms. The Labute approximate surface area is 125 Å². The average molecular weight is 297 g/mol. The van der Waals surface area contributed by atoms with E-state index < -0.39 is 0 Å². The number of nitrogens with zero attached hydrogens (tertiary/aromatic N) is 1. The van der Waals surface area contributed by atoms with Crippen LogP contribution in [0.4, 0.5) is 5.69 Å². The summed E-state index contributed by atoms with van der Waals surface area (Å²) in [5.41, 5.74) is 0.595. The van der Waals surface area contributed by atoms with Crippen LogP contribution in [0.1, 0.15) is 27.2 Å². The van der Waals surface area contributed by atoms with E-state index in [-0.39, 0.29) is 18.2 Å². The predicted molar refractivity (Wildman–Crippen MR) is 81.8 cm³/mol. The van der Waals surface area contributed by atoms with Crippen molar-refractivity contribution >= 4 is 29.1 Å². The Morgan fingerprint density at radius 3 is 2.50 bits per heavy atom. The Bertz CT molecular complexity index is 475. The van der Waals surface area contributed by atoms with Crippen molar-refractivity contribution in [3.8, 4) is 0 Å². The van der Waals surface area contributed by atoms with Crippen LogP contribution in [0, 0.1) is 5.92 Å². The molecule has 110 valence electrons. The van der Waals surface area contributed by atoms with Gasteiger partial charge in [0.2, 0.25) is 11.8 Å². The van der Waals surface area contributed by atoms with Gasteiger partial charge in [0.15, 0.2) is 0 Å². The van der Waals surface area contributed by atoms with Crippen LogP contribution in [0.15, 0.2) is 24.3 Å². The Kier molecular flexibility index (Phi) is 6.52. The summed E-state index contributed by atoms with van der Waals surface area (Å²) in [5, 5.41) is 3.25. The summed E-state index contributed by atoms with van der Waals surface area (Å²) in [5.74, 6) is 0.225. The molecule has 0 unspecified atom stereocenters. The number of hydrogen-bond donors (Lipinski definition) is 1. The number of carbonyl (C=O) groups excluding carboxylic acids is 2. The van der Waals surface area contributed by atoms with E-state index in [0.717, 1.165) is 0 Å². The number of amides is 2. The van der Waals surface area contributed by atoms with Gasteiger partial charge in [-0.15, -0.1) is 0 Å². The van der Waals surface area contributed by atoms with Gasteiger partial charge in [-0.25, -0.2) is 0 Å². The highest BCUT2D eigenvalue weighted by atomic mass is 35.5. The number of benzene rings is 1. The van der Waals surface area contributed by atoms with Crippen LogP contribution in [0.2, 0.25) is 5.02 Å². The molecule has 0 aromatic heterocycles. The van der Waals surface area contributed by atoms with E-state index in [1.54, 1.807) is 23.1 Å². The summed E-state index contributed by atoms with van der Waals surface area (Å²) >= 11 is 5.97. The van der Waals surface area contributed by atoms with Gasteiger partial charge in [-0.3, -0.25) is 9.59 Å². The van der Waals surface area contributed by atoms with Crippen molar-refractivity contribution < 1.29 is 9.59 Å². The molecule has 1 rings (SSSR count). The van der Waals surface area contributed by atoms with Gasteiger partial charge in [-0.2, -0.15) is 0 Å². The Morgan fingerprint density at radius 1 is 1.30 bits per heavy atom. The number of nitrogens with one attached hydrogen (secondary N) is 1. The third-order valence-electron chi connectivity index (χ3n) is 2.79. The van der Waals surface area contributed by atoms with Crippen molar-refractivity contribution in [2.45, 2.75) is 27.2 Å². The van der Waals surface area contributed by atoms with Crippen LogP contribution < -0.4 is 5.32 Å². The lowest BCUT2D eigenvalue weighted by Crippen LogP contribution is -2.34. The minimum absolute atomic E-state index is 0.00996. The fraction of sp³-hybridized carbons (Fsp3) is 0.467. The second-order valence-corrected chi connectivity index (χ2v) is 5.54. The first-order chi connectivity index (χ1) is 9.40. The van der Waals surface area contributed by atoms with Gasteiger partial charge >= 0.3 is 0 Å². The van der Waals surface area contributed by atoms with Crippen LogP contribution in [-0.4, -0.2) is 29.8 Å². The molecule has 0 aliphatic carbocycles. The lowest BCUT2D eigenvalue weighted by atomic mass is 10.2. The van der Waals surface area contributed by atoms with Gasteiger partial charge in [-0.1, -0.05) is 37.6 Å². The van der Waals surface area contributed by atoms with Crippen molar-refractivity contribution in [3.63, 3.8) is 0 Å². The fourth-order valence-corrected chi connectivity index (χ4v) is 2.01. The van der Waals surface area contributed by atoms with Crippen LogP contribution in [0.25, 0.3) is 0 Å². The molecule has 0 aliphatic heterocycles. The van der Waals surface area contributed by atoms with Crippen molar-refractivity contribution in [3.05, 3.63) is 29.3 Å². The molecule has 20 heavy (non-hydrogen) atoms. The first kappa shape index (κ1) is 16.5. The second-order valence-electron chi connectivity index (χ2n) is 5.14. The highest BCUT2D eigenvalue weighted by Crippen LogP contribution is 2.20. The molecule has 0 saturated carbocycles. The summed E-state index contributed by atoms with van der Waals surface area (Å²) in [6, 6.07) is 7.08. The van der Waals surface area contributed by atoms with Crippen LogP contribution in [-0.2, 0) is 9.59 Å². The summed E-state index contributed by atoms with van der Waals surface area (Å²) in [6.45, 7) is 6.69. The van der Waals surface area contributed by atoms with E-state index in [4.69, 9.17) is 11.6 Å². The van der Waals surface area contributed by atoms with Crippen molar-refractivity contribution in [2.75, 3.05) is 18.4 Å². The van der Waals surface area contributed by atoms with Gasteiger partial charge in [-0.05, 0) is 18.1 Å². The van der Waals surface area contributed by atoms with Gasteiger partial charge in [0.1, 0.15) is 0 Å². The number of para-hydroxylation sites is 1. The van der Waals surface area contributed by atoms with Gasteiger partial charge in [0.05, 0.1) is 10.7 Å². The Balaban J connectivity index is 2.50. The number of hydrogen-bond acceptors (Lipinski definition) is 2. The molecule has 1 aromatic carbocycles. The quantitative estimate of drug-likeness (QED) is 0.876. The molecule has 0 aliphatic rings. The van der Waals surface area contributed by atoms with E-state index in [2.05, 4.69) is 5.32 Å². The topological polar surface area (TPSA) is 49.4 Å². The summed E-state index contributed by atoms with van der Waals surface area (Å²) in [4.78, 5) is 25.0. The molecule has 2 amide bonds. The molecule has 0 heterocycles. The van der Waals surface area contributed by atoms with Crippen LogP contribution in [0.5, 0.6) is 0 Å². The molecular weight excluding hydrogens is 276 g/mol. The smallest absolute Gasteiger partial charge is 0.226 e. The number of anilines is 1. The van der Waals surface area contributed by atoms with E-state index in [1.807, 2.05) is 19.9 Å². The maximum atomic E-state index is 11.9. The molecule has 0 radical (unpaired) electrons. The lowest BCUT2D eigenvalue weighted by molar-refractivity contribution is -0.129. The first-order valence-corrected chi connectivity index (χ1v) is 7.08. The zero-order valence-electron chi connectivity index (χ0n) is 12.1. The SMILES string of the molecule is CC(=O)N(CCC(=O)Nc1ccccc1Cl)CC(C)C. The number of carbonyl (C=O) groups is 2. The molecule has 0 spiro atoms. The molecule has 1 N–H and O–H groups in total. The third-order valence-corrected chi connectivity index (χ3v) is 3.12. The minimum atomic E-state index is -0.145. The van der Waals surface area contributed by atoms with Crippen LogP contribution in [0.3, 0.4) is 0 Å². The average Bonchev–Trinajstić information content (AvgIpc) is 2.36. The highest BCUT2D eigenvalue weighted by Gasteiger charge is 2.13. The summed E-state index contributed by atoms with van der Waals surface area (Å²) < 4.78 is 0. The van der Waals surface area contributed by atoms with E-state index in [0.29, 0.717) is 29.7 Å². The summed E-state index contributed by atoms with van der Waals surface area (Å²) in [7, 11) is 0. The maximum absolute atomic E-state index is 11.9. The highest BCUT2D eigenvalue weighted by molar-refractivity contribution is 6.33. The van der Waals surface area contributed by atoms with Crippen molar-refractivity contribution in [1.29, 1.82) is 0 Å². The minimum Gasteiger partial charge on any atom is -0.342 e. The van der Waals surface area contributed by atoms with Crippen molar-refractivity contribution in [2.24, 2.45) is 5.92 Å². The monoisotopic (exact) mass is 296 g/mol. The molecule has 0 fully saturated rings. The molecular formula is C15H21ClN2O2. The lowest BCUT2D eigenvalue weighted by Gasteiger charge is -2.22. The second kappa shape index (κ2) is 7.90. The maximum Gasteiger partial charge on any atom is 0.226 e. The largest absolute Gasteiger partial charge is 0.342 e. The van der Waals surface area contributed by atoms with Gasteiger partial charge in [0, 0.05) is 26.4 Å². The molecule has 4 nitrogen and oxygen atoms in total. The summed E-state index contributed by atoms with van der Waals surface area (Å²) in [6.07, 6.45) is 0.261. The molecule has 1 aromatic rings. The zero-order valence-corrected chi connectivity index (χ0v) is 12.9. The standard InChI is InChI=1S/C15H21ClN2O2/c1-11(2)10-18(12(3)19)9-8-15(20)17-14-7-5-4-6-13(14)16/h4-7,11H,8-10H2,1-3H3,(H,17,20). The number of halogens is 1. The van der Waals surface area contributed by atoms with E-state index in [1.165, 1.54) is 6.92 Å². The first-order valence-electron chi connectivity index (χ1n) is 6.70. The Morgan fingerprint density at radius 2 is 1.95 bits per heavy atom. The van der Waals surface area contributed by atoms with E-state index >= 15 is 0 Å². The number of rotatable bonds is 6. The third kappa shape index (κ3) is 5.61. The van der Waals surface area contributed by atoms with Crippen molar-refractivity contribution in [1.82, 2.24) is 4.90 Å². The van der Waals surface area contributed by atoms with Gasteiger partial charge < -0.3 is 10.2 Å². The van der Waals surface area contributed by atoms with Gasteiger partial charge in [0.25, 0.3) is 0 Å². The van der Waals surface area contributed by atoms with E-state index in [9.17, 15) is 9.59 Å². The Hall–Kier alpha value is -1.55. The molecule has 0 saturated heterocycles. The normalized spacial score (nSPS) is 10.4. The zero-order chi connectivity index (χ0) is 15.1. The molecule has 5 heteroatoms. The predicted octanol–water partition coefficient (Wildman–Crippen LogP) is 3.17. The molecule has 0 atom stereocenters. The fourth-order valence-electron chi connectivity index (χ4n) is 1.83. The van der Waals surface area contributed by atoms with Crippen LogP contribution >= 0.6 is 11.6 Å².